The number of alkyl halides is 3. The van der Waals surface area contributed by atoms with Gasteiger partial charge in [0.25, 0.3) is 0 Å². The Bertz CT molecular complexity index is 561. The lowest BCUT2D eigenvalue weighted by molar-refractivity contribution is -0.143. The molecular formula is C17H25F4N3O. The predicted molar refractivity (Wildman–Crippen MR) is 89.0 cm³/mol. The van der Waals surface area contributed by atoms with Gasteiger partial charge in [0.05, 0.1) is 6.54 Å². The molecule has 0 aliphatic carbocycles. The van der Waals surface area contributed by atoms with E-state index in [2.05, 4.69) is 10.6 Å². The Morgan fingerprint density at radius 2 is 1.80 bits per heavy atom. The molecule has 4 nitrogen and oxygen atoms in total. The standard InChI is InChI=1S/C17H25F4N3O/c1-16(2,13-7-4-5-8-14(13)18)11-23-15(25)22-9-6-10-24(3)12-17(19,20)21/h4-5,7-8H,6,9-12H2,1-3H3,(H2,22,23,25). The molecule has 1 aromatic rings. The number of halogens is 4. The number of nitrogens with one attached hydrogen (secondary N) is 2. The zero-order valence-corrected chi connectivity index (χ0v) is 14.7. The molecule has 1 rings (SSSR count). The zero-order chi connectivity index (χ0) is 19.1. The van der Waals surface area contributed by atoms with Gasteiger partial charge in [-0.15, -0.1) is 0 Å². The second-order valence-corrected chi connectivity index (χ2v) is 6.68. The first-order valence-corrected chi connectivity index (χ1v) is 8.03. The SMILES string of the molecule is CN(CCCNC(=O)NCC(C)(C)c1ccccc1F)CC(F)(F)F. The lowest BCUT2D eigenvalue weighted by Gasteiger charge is -2.26. The fourth-order valence-corrected chi connectivity index (χ4v) is 2.41. The molecule has 0 aliphatic rings. The highest BCUT2D eigenvalue weighted by molar-refractivity contribution is 5.73. The van der Waals surface area contributed by atoms with E-state index in [9.17, 15) is 22.4 Å². The summed E-state index contributed by atoms with van der Waals surface area (Å²) in [7, 11) is 1.38. The van der Waals surface area contributed by atoms with Crippen molar-refractivity contribution in [2.75, 3.05) is 33.2 Å². The van der Waals surface area contributed by atoms with Crippen molar-refractivity contribution in [2.24, 2.45) is 0 Å². The summed E-state index contributed by atoms with van der Waals surface area (Å²) in [6.45, 7) is 3.37. The smallest absolute Gasteiger partial charge is 0.338 e. The maximum atomic E-state index is 13.8. The monoisotopic (exact) mass is 363 g/mol. The molecule has 0 heterocycles. The van der Waals surface area contributed by atoms with Crippen LogP contribution in [-0.2, 0) is 5.41 Å². The number of nitrogens with zero attached hydrogens (tertiary/aromatic N) is 1. The minimum atomic E-state index is -4.22. The van der Waals surface area contributed by atoms with E-state index in [-0.39, 0.29) is 25.5 Å². The second kappa shape index (κ2) is 9.03. The molecule has 25 heavy (non-hydrogen) atoms. The highest BCUT2D eigenvalue weighted by Crippen LogP contribution is 2.24. The molecule has 0 saturated heterocycles. The van der Waals surface area contributed by atoms with Crippen LogP contribution in [0.15, 0.2) is 24.3 Å². The van der Waals surface area contributed by atoms with Gasteiger partial charge in [-0.1, -0.05) is 32.0 Å². The van der Waals surface area contributed by atoms with E-state index < -0.39 is 24.2 Å². The molecule has 0 saturated carbocycles. The highest BCUT2D eigenvalue weighted by atomic mass is 19.4. The summed E-state index contributed by atoms with van der Waals surface area (Å²) in [4.78, 5) is 12.9. The molecule has 2 amide bonds. The van der Waals surface area contributed by atoms with Crippen molar-refractivity contribution < 1.29 is 22.4 Å². The van der Waals surface area contributed by atoms with Gasteiger partial charge in [0.2, 0.25) is 0 Å². The van der Waals surface area contributed by atoms with Crippen LogP contribution in [0.2, 0.25) is 0 Å². The number of hydrogen-bond acceptors (Lipinski definition) is 2. The van der Waals surface area contributed by atoms with E-state index in [1.165, 1.54) is 13.1 Å². The van der Waals surface area contributed by atoms with E-state index in [1.807, 2.05) is 13.8 Å². The molecule has 0 bridgehead atoms. The van der Waals surface area contributed by atoms with E-state index >= 15 is 0 Å². The summed E-state index contributed by atoms with van der Waals surface area (Å²) in [6, 6.07) is 5.95. The van der Waals surface area contributed by atoms with Crippen molar-refractivity contribution in [3.8, 4) is 0 Å². The summed E-state index contributed by atoms with van der Waals surface area (Å²) in [5.74, 6) is -0.331. The van der Waals surface area contributed by atoms with Crippen molar-refractivity contribution >= 4 is 6.03 Å². The van der Waals surface area contributed by atoms with Crippen molar-refractivity contribution in [3.05, 3.63) is 35.6 Å². The van der Waals surface area contributed by atoms with Gasteiger partial charge in [-0.2, -0.15) is 13.2 Å². The first-order chi connectivity index (χ1) is 11.5. The minimum absolute atomic E-state index is 0.223. The number of carbonyl (C=O) groups excluding carboxylic acids is 1. The Hall–Kier alpha value is -1.83. The molecular weight excluding hydrogens is 338 g/mol. The average molecular weight is 363 g/mol. The topological polar surface area (TPSA) is 44.4 Å². The van der Waals surface area contributed by atoms with Gasteiger partial charge in [-0.05, 0) is 31.6 Å². The minimum Gasteiger partial charge on any atom is -0.338 e. The molecule has 0 spiro atoms. The van der Waals surface area contributed by atoms with Gasteiger partial charge in [0.1, 0.15) is 5.82 Å². The normalized spacial score (nSPS) is 12.3. The number of urea groups is 1. The Kier molecular flexibility index (Phi) is 7.66. The molecule has 2 N–H and O–H groups in total. The molecule has 0 unspecified atom stereocenters. The largest absolute Gasteiger partial charge is 0.401 e. The van der Waals surface area contributed by atoms with Gasteiger partial charge in [0.15, 0.2) is 0 Å². The molecule has 0 aromatic heterocycles. The summed E-state index contributed by atoms with van der Waals surface area (Å²) in [5.41, 5.74) is -0.0839. The maximum Gasteiger partial charge on any atom is 0.401 e. The number of benzene rings is 1. The third-order valence-corrected chi connectivity index (χ3v) is 3.75. The number of rotatable bonds is 8. The van der Waals surface area contributed by atoms with Crippen molar-refractivity contribution in [2.45, 2.75) is 31.9 Å². The van der Waals surface area contributed by atoms with Crippen molar-refractivity contribution in [1.29, 1.82) is 0 Å². The number of hydrogen-bond donors (Lipinski definition) is 2. The fraction of sp³-hybridized carbons (Fsp3) is 0.588. The average Bonchev–Trinajstić information content (AvgIpc) is 2.48. The van der Waals surface area contributed by atoms with Crippen molar-refractivity contribution in [1.82, 2.24) is 15.5 Å². The zero-order valence-electron chi connectivity index (χ0n) is 14.7. The van der Waals surface area contributed by atoms with Crippen molar-refractivity contribution in [3.63, 3.8) is 0 Å². The Morgan fingerprint density at radius 3 is 2.40 bits per heavy atom. The predicted octanol–water partition coefficient (Wildman–Crippen LogP) is 3.29. The Labute approximate surface area is 145 Å². The van der Waals surface area contributed by atoms with Crippen LogP contribution in [0.4, 0.5) is 22.4 Å². The van der Waals surface area contributed by atoms with Crippen LogP contribution in [0, 0.1) is 5.82 Å². The molecule has 8 heteroatoms. The lowest BCUT2D eigenvalue weighted by atomic mass is 9.84. The second-order valence-electron chi connectivity index (χ2n) is 6.68. The molecule has 0 aliphatic heterocycles. The number of amides is 2. The fourth-order valence-electron chi connectivity index (χ4n) is 2.41. The van der Waals surface area contributed by atoms with Gasteiger partial charge >= 0.3 is 12.2 Å². The van der Waals surface area contributed by atoms with Crippen LogP contribution in [-0.4, -0.2) is 50.3 Å². The van der Waals surface area contributed by atoms with E-state index in [1.54, 1.807) is 18.2 Å². The number of carbonyl (C=O) groups is 1. The third kappa shape index (κ3) is 8.20. The van der Waals surface area contributed by atoms with Crippen LogP contribution in [0.25, 0.3) is 0 Å². The molecule has 142 valence electrons. The Balaban J connectivity index is 2.30. The van der Waals surface area contributed by atoms with Crippen LogP contribution in [0.1, 0.15) is 25.8 Å². The summed E-state index contributed by atoms with van der Waals surface area (Å²) >= 11 is 0. The molecule has 1 aromatic carbocycles. The van der Waals surface area contributed by atoms with Crippen LogP contribution in [0.3, 0.4) is 0 Å². The van der Waals surface area contributed by atoms with Gasteiger partial charge in [0, 0.05) is 18.5 Å². The third-order valence-electron chi connectivity index (χ3n) is 3.75. The van der Waals surface area contributed by atoms with E-state index in [4.69, 9.17) is 0 Å². The van der Waals surface area contributed by atoms with Crippen LogP contribution in [0.5, 0.6) is 0 Å². The summed E-state index contributed by atoms with van der Waals surface area (Å²) < 4.78 is 50.4. The van der Waals surface area contributed by atoms with Gasteiger partial charge < -0.3 is 10.6 Å². The van der Waals surface area contributed by atoms with E-state index in [0.717, 1.165) is 4.90 Å². The van der Waals surface area contributed by atoms with Crippen LogP contribution < -0.4 is 10.6 Å². The molecule has 0 fully saturated rings. The first-order valence-electron chi connectivity index (χ1n) is 8.03. The quantitative estimate of drug-likeness (QED) is 0.550. The lowest BCUT2D eigenvalue weighted by Crippen LogP contribution is -2.43. The van der Waals surface area contributed by atoms with Gasteiger partial charge in [-0.3, -0.25) is 4.90 Å². The van der Waals surface area contributed by atoms with Crippen LogP contribution >= 0.6 is 0 Å². The van der Waals surface area contributed by atoms with E-state index in [0.29, 0.717) is 12.0 Å². The molecule has 0 radical (unpaired) electrons. The maximum absolute atomic E-state index is 13.8. The highest BCUT2D eigenvalue weighted by Gasteiger charge is 2.28. The molecule has 0 atom stereocenters. The Morgan fingerprint density at radius 1 is 1.16 bits per heavy atom. The first kappa shape index (κ1) is 21.2. The summed E-state index contributed by atoms with van der Waals surface area (Å²) in [6.07, 6.45) is -3.82. The summed E-state index contributed by atoms with van der Waals surface area (Å²) in [5, 5.41) is 5.25. The van der Waals surface area contributed by atoms with Gasteiger partial charge in [-0.25, -0.2) is 9.18 Å².